The molecule has 1 N–H and O–H groups in total. The van der Waals surface area contributed by atoms with E-state index in [2.05, 4.69) is 64.3 Å². The van der Waals surface area contributed by atoms with Crippen LogP contribution < -0.4 is 5.32 Å². The molecule has 0 aliphatic carbocycles. The monoisotopic (exact) mass is 310 g/mol. The third-order valence-corrected chi connectivity index (χ3v) is 4.37. The van der Waals surface area contributed by atoms with Gasteiger partial charge in [-0.15, -0.1) is 0 Å². The molecule has 0 radical (unpaired) electrons. The van der Waals surface area contributed by atoms with Gasteiger partial charge >= 0.3 is 0 Å². The maximum atomic E-state index is 3.67. The Hall–Kier alpha value is -0.380. The second-order valence-corrected chi connectivity index (χ2v) is 6.15. The average molecular weight is 311 g/mol. The van der Waals surface area contributed by atoms with Crippen LogP contribution in [0.5, 0.6) is 0 Å². The molecule has 3 heteroatoms. The molecule has 2 atom stereocenters. The van der Waals surface area contributed by atoms with E-state index in [9.17, 15) is 0 Å². The van der Waals surface area contributed by atoms with Crippen LogP contribution in [0.3, 0.4) is 0 Å². The summed E-state index contributed by atoms with van der Waals surface area (Å²) in [6.07, 6.45) is 1.34. The first-order valence-corrected chi connectivity index (χ1v) is 7.69. The number of rotatable bonds is 5. The van der Waals surface area contributed by atoms with E-state index in [1.165, 1.54) is 31.6 Å². The molecule has 0 amide bonds. The molecular formula is C15H23BrN2. The molecule has 1 saturated heterocycles. The first kappa shape index (κ1) is 14.0. The molecule has 1 fully saturated rings. The SMILES string of the molecule is CCN1CCC(CNC(C)c2cccc(Br)c2)C1. The molecule has 1 aromatic carbocycles. The van der Waals surface area contributed by atoms with Crippen molar-refractivity contribution >= 4 is 15.9 Å². The summed E-state index contributed by atoms with van der Waals surface area (Å²) in [6, 6.07) is 9.00. The van der Waals surface area contributed by atoms with Gasteiger partial charge in [0.1, 0.15) is 0 Å². The minimum absolute atomic E-state index is 0.429. The molecule has 1 aliphatic rings. The first-order chi connectivity index (χ1) is 8.69. The van der Waals surface area contributed by atoms with E-state index < -0.39 is 0 Å². The Morgan fingerprint density at radius 1 is 1.50 bits per heavy atom. The van der Waals surface area contributed by atoms with Crippen LogP contribution in [0.15, 0.2) is 28.7 Å². The van der Waals surface area contributed by atoms with Gasteiger partial charge in [0.25, 0.3) is 0 Å². The molecule has 2 rings (SSSR count). The minimum atomic E-state index is 0.429. The van der Waals surface area contributed by atoms with Crippen molar-refractivity contribution in [2.24, 2.45) is 5.92 Å². The van der Waals surface area contributed by atoms with Gasteiger partial charge in [0.15, 0.2) is 0 Å². The molecule has 1 aliphatic heterocycles. The fourth-order valence-electron chi connectivity index (χ4n) is 2.60. The molecule has 0 saturated carbocycles. The van der Waals surface area contributed by atoms with Crippen molar-refractivity contribution < 1.29 is 0 Å². The second-order valence-electron chi connectivity index (χ2n) is 5.23. The lowest BCUT2D eigenvalue weighted by Crippen LogP contribution is -2.28. The Morgan fingerprint density at radius 2 is 2.33 bits per heavy atom. The lowest BCUT2D eigenvalue weighted by molar-refractivity contribution is 0.336. The van der Waals surface area contributed by atoms with Crippen molar-refractivity contribution in [1.82, 2.24) is 10.2 Å². The van der Waals surface area contributed by atoms with E-state index in [4.69, 9.17) is 0 Å². The summed E-state index contributed by atoms with van der Waals surface area (Å²) in [5.74, 6) is 0.819. The average Bonchev–Trinajstić information content (AvgIpc) is 2.84. The quantitative estimate of drug-likeness (QED) is 0.896. The standard InChI is InChI=1S/C15H23BrN2/c1-3-18-8-7-13(11-18)10-17-12(2)14-5-4-6-15(16)9-14/h4-6,9,12-13,17H,3,7-8,10-11H2,1-2H3. The molecule has 0 bridgehead atoms. The molecule has 1 aromatic rings. The van der Waals surface area contributed by atoms with Gasteiger partial charge in [-0.2, -0.15) is 0 Å². The van der Waals surface area contributed by atoms with Crippen molar-refractivity contribution in [3.05, 3.63) is 34.3 Å². The van der Waals surface area contributed by atoms with Crippen LogP contribution in [-0.4, -0.2) is 31.1 Å². The summed E-state index contributed by atoms with van der Waals surface area (Å²) in [4.78, 5) is 2.54. The first-order valence-electron chi connectivity index (χ1n) is 6.90. The predicted octanol–water partition coefficient (Wildman–Crippen LogP) is 3.44. The van der Waals surface area contributed by atoms with Crippen molar-refractivity contribution in [2.75, 3.05) is 26.2 Å². The summed E-state index contributed by atoms with van der Waals surface area (Å²) in [7, 11) is 0. The number of likely N-dealkylation sites (tertiary alicyclic amines) is 1. The van der Waals surface area contributed by atoms with Crippen molar-refractivity contribution in [3.8, 4) is 0 Å². The maximum absolute atomic E-state index is 3.67. The smallest absolute Gasteiger partial charge is 0.0292 e. The predicted molar refractivity (Wildman–Crippen MR) is 80.8 cm³/mol. The zero-order valence-corrected chi connectivity index (χ0v) is 12.9. The van der Waals surface area contributed by atoms with Crippen LogP contribution in [0, 0.1) is 5.92 Å². The lowest BCUT2D eigenvalue weighted by Gasteiger charge is -2.18. The number of nitrogens with zero attached hydrogens (tertiary/aromatic N) is 1. The van der Waals surface area contributed by atoms with Crippen LogP contribution in [-0.2, 0) is 0 Å². The normalized spacial score (nSPS) is 22.3. The van der Waals surface area contributed by atoms with E-state index >= 15 is 0 Å². The van der Waals surface area contributed by atoms with Crippen molar-refractivity contribution in [2.45, 2.75) is 26.3 Å². The number of nitrogens with one attached hydrogen (secondary N) is 1. The highest BCUT2D eigenvalue weighted by Crippen LogP contribution is 2.19. The van der Waals surface area contributed by atoms with Gasteiger partial charge in [0.05, 0.1) is 0 Å². The maximum Gasteiger partial charge on any atom is 0.0292 e. The van der Waals surface area contributed by atoms with E-state index in [1.807, 2.05) is 0 Å². The van der Waals surface area contributed by atoms with Crippen LogP contribution in [0.2, 0.25) is 0 Å². The summed E-state index contributed by atoms with van der Waals surface area (Å²) in [5, 5.41) is 3.67. The largest absolute Gasteiger partial charge is 0.310 e. The van der Waals surface area contributed by atoms with Gasteiger partial charge < -0.3 is 10.2 Å². The highest BCUT2D eigenvalue weighted by Gasteiger charge is 2.21. The van der Waals surface area contributed by atoms with Crippen LogP contribution in [0.25, 0.3) is 0 Å². The van der Waals surface area contributed by atoms with E-state index in [1.54, 1.807) is 0 Å². The van der Waals surface area contributed by atoms with E-state index in [0.29, 0.717) is 6.04 Å². The Balaban J connectivity index is 1.80. The molecule has 2 nitrogen and oxygen atoms in total. The van der Waals surface area contributed by atoms with E-state index in [0.717, 1.165) is 16.9 Å². The molecule has 0 aromatic heterocycles. The van der Waals surface area contributed by atoms with Gasteiger partial charge in [0.2, 0.25) is 0 Å². The third kappa shape index (κ3) is 3.81. The Bertz CT molecular complexity index is 381. The second kappa shape index (κ2) is 6.69. The molecule has 2 unspecified atom stereocenters. The summed E-state index contributed by atoms with van der Waals surface area (Å²) in [5.41, 5.74) is 1.36. The molecule has 0 spiro atoms. The molecule has 18 heavy (non-hydrogen) atoms. The van der Waals surface area contributed by atoms with Gasteiger partial charge in [0, 0.05) is 17.1 Å². The fraction of sp³-hybridized carbons (Fsp3) is 0.600. The van der Waals surface area contributed by atoms with Crippen LogP contribution in [0.1, 0.15) is 31.9 Å². The van der Waals surface area contributed by atoms with Gasteiger partial charge in [-0.05, 0) is 56.6 Å². The van der Waals surface area contributed by atoms with Gasteiger partial charge in [-0.3, -0.25) is 0 Å². The summed E-state index contributed by atoms with van der Waals surface area (Å²) in [6.45, 7) is 9.35. The van der Waals surface area contributed by atoms with Gasteiger partial charge in [-0.25, -0.2) is 0 Å². The number of benzene rings is 1. The molecule has 1 heterocycles. The minimum Gasteiger partial charge on any atom is -0.310 e. The van der Waals surface area contributed by atoms with Crippen LogP contribution >= 0.6 is 15.9 Å². The summed E-state index contributed by atoms with van der Waals surface area (Å²) < 4.78 is 1.16. The number of halogens is 1. The van der Waals surface area contributed by atoms with Crippen LogP contribution in [0.4, 0.5) is 0 Å². The lowest BCUT2D eigenvalue weighted by atomic mass is 10.1. The van der Waals surface area contributed by atoms with Crippen molar-refractivity contribution in [1.29, 1.82) is 0 Å². The number of hydrogen-bond donors (Lipinski definition) is 1. The van der Waals surface area contributed by atoms with Gasteiger partial charge in [-0.1, -0.05) is 35.0 Å². The Kier molecular flexibility index (Phi) is 5.22. The zero-order valence-electron chi connectivity index (χ0n) is 11.3. The zero-order chi connectivity index (χ0) is 13.0. The van der Waals surface area contributed by atoms with E-state index in [-0.39, 0.29) is 0 Å². The molecule has 100 valence electrons. The summed E-state index contributed by atoms with van der Waals surface area (Å²) >= 11 is 3.53. The van der Waals surface area contributed by atoms with Crippen molar-refractivity contribution in [3.63, 3.8) is 0 Å². The number of hydrogen-bond acceptors (Lipinski definition) is 2. The Labute approximate surface area is 119 Å². The Morgan fingerprint density at radius 3 is 3.00 bits per heavy atom. The highest BCUT2D eigenvalue weighted by atomic mass is 79.9. The fourth-order valence-corrected chi connectivity index (χ4v) is 3.02. The molecular weight excluding hydrogens is 288 g/mol. The topological polar surface area (TPSA) is 15.3 Å². The highest BCUT2D eigenvalue weighted by molar-refractivity contribution is 9.10. The third-order valence-electron chi connectivity index (χ3n) is 3.88.